The Balaban J connectivity index is 1.22. The number of fused-ring (bicyclic) bond motifs is 1. The summed E-state index contributed by atoms with van der Waals surface area (Å²) in [7, 11) is 0. The Bertz CT molecular complexity index is 1480. The van der Waals surface area contributed by atoms with Gasteiger partial charge in [-0.15, -0.1) is 11.3 Å². The number of nitrogens with one attached hydrogen (secondary N) is 2. The van der Waals surface area contributed by atoms with Crippen LogP contribution in [0.1, 0.15) is 45.4 Å². The smallest absolute Gasteiger partial charge is 0.343 e. The Morgan fingerprint density at radius 2 is 1.69 bits per heavy atom. The number of esters is 1. The predicted octanol–water partition coefficient (Wildman–Crippen LogP) is 5.83. The molecule has 4 rings (SSSR count). The third-order valence-electron chi connectivity index (χ3n) is 5.50. The van der Waals surface area contributed by atoms with Crippen molar-refractivity contribution in [2.45, 2.75) is 19.8 Å². The first-order valence-corrected chi connectivity index (χ1v) is 13.5. The third-order valence-corrected chi connectivity index (χ3v) is 7.17. The van der Waals surface area contributed by atoms with E-state index in [9.17, 15) is 14.4 Å². The number of hydrogen-bond donors (Lipinski definition) is 2. The number of carbonyl (C=O) groups is 3. The maximum atomic E-state index is 12.5. The molecule has 39 heavy (non-hydrogen) atoms. The summed E-state index contributed by atoms with van der Waals surface area (Å²) in [5, 5.41) is 7.61. The van der Waals surface area contributed by atoms with Gasteiger partial charge in [0.05, 0.1) is 30.0 Å². The lowest BCUT2D eigenvalue weighted by atomic mass is 10.2. The second-order valence-corrected chi connectivity index (χ2v) is 9.83. The van der Waals surface area contributed by atoms with E-state index in [0.29, 0.717) is 39.1 Å². The van der Waals surface area contributed by atoms with Crippen molar-refractivity contribution in [3.8, 4) is 11.5 Å². The number of halogens is 1. The number of nitrogens with zero attached hydrogens (tertiary/aromatic N) is 1. The van der Waals surface area contributed by atoms with Crippen molar-refractivity contribution < 1.29 is 23.9 Å². The van der Waals surface area contributed by atoms with Gasteiger partial charge in [0.1, 0.15) is 16.4 Å². The molecule has 1 heterocycles. The van der Waals surface area contributed by atoms with Crippen molar-refractivity contribution in [2.24, 2.45) is 5.10 Å². The molecule has 0 fully saturated rings. The summed E-state index contributed by atoms with van der Waals surface area (Å²) in [6, 6.07) is 20.9. The Labute approximate surface area is 234 Å². The summed E-state index contributed by atoms with van der Waals surface area (Å²) in [6.45, 7) is 2.47. The van der Waals surface area contributed by atoms with Gasteiger partial charge in [0.25, 0.3) is 11.8 Å². The summed E-state index contributed by atoms with van der Waals surface area (Å²) < 4.78 is 11.9. The fourth-order valence-corrected chi connectivity index (χ4v) is 4.86. The number of hydrogen-bond acceptors (Lipinski definition) is 7. The lowest BCUT2D eigenvalue weighted by molar-refractivity contribution is -0.120. The van der Waals surface area contributed by atoms with Crippen LogP contribution in [0.5, 0.6) is 11.5 Å². The molecule has 8 nitrogen and oxygen atoms in total. The molecule has 0 radical (unpaired) electrons. The van der Waals surface area contributed by atoms with Gasteiger partial charge in [-0.2, -0.15) is 5.10 Å². The summed E-state index contributed by atoms with van der Waals surface area (Å²) in [4.78, 5) is 37.3. The van der Waals surface area contributed by atoms with Gasteiger partial charge in [0.15, 0.2) is 0 Å². The van der Waals surface area contributed by atoms with E-state index in [1.807, 2.05) is 24.3 Å². The van der Waals surface area contributed by atoms with Gasteiger partial charge in [-0.3, -0.25) is 9.59 Å². The van der Waals surface area contributed by atoms with E-state index in [-0.39, 0.29) is 6.54 Å². The van der Waals surface area contributed by atoms with E-state index in [0.717, 1.165) is 22.9 Å². The highest BCUT2D eigenvalue weighted by Gasteiger charge is 2.17. The van der Waals surface area contributed by atoms with Crippen molar-refractivity contribution in [3.05, 3.63) is 93.8 Å². The van der Waals surface area contributed by atoms with Crippen LogP contribution in [0.2, 0.25) is 5.02 Å². The van der Waals surface area contributed by atoms with E-state index in [2.05, 4.69) is 22.8 Å². The van der Waals surface area contributed by atoms with E-state index < -0.39 is 17.8 Å². The molecular formula is C29H26ClN3O5S. The van der Waals surface area contributed by atoms with Crippen LogP contribution in [0.25, 0.3) is 10.1 Å². The third kappa shape index (κ3) is 7.66. The average Bonchev–Trinajstić information content (AvgIpc) is 3.29. The van der Waals surface area contributed by atoms with Gasteiger partial charge in [0, 0.05) is 10.1 Å². The molecule has 0 bridgehead atoms. The first-order valence-electron chi connectivity index (χ1n) is 12.3. The molecule has 0 aliphatic rings. The van der Waals surface area contributed by atoms with Crippen molar-refractivity contribution in [1.82, 2.24) is 10.7 Å². The van der Waals surface area contributed by atoms with Gasteiger partial charge in [0.2, 0.25) is 0 Å². The maximum absolute atomic E-state index is 12.5. The molecule has 0 aliphatic carbocycles. The maximum Gasteiger partial charge on any atom is 0.343 e. The molecule has 10 heteroatoms. The number of thiophene rings is 1. The van der Waals surface area contributed by atoms with E-state index >= 15 is 0 Å². The molecule has 2 N–H and O–H groups in total. The zero-order valence-electron chi connectivity index (χ0n) is 21.1. The topological polar surface area (TPSA) is 106 Å². The summed E-state index contributed by atoms with van der Waals surface area (Å²) in [5.41, 5.74) is 3.44. The molecule has 1 aromatic heterocycles. The summed E-state index contributed by atoms with van der Waals surface area (Å²) in [5.74, 6) is -0.334. The highest BCUT2D eigenvalue weighted by Crippen LogP contribution is 2.34. The standard InChI is InChI=1S/C29H26ClN3O5S/c1-2-3-16-37-21-14-10-20(11-15-21)29(36)38-22-12-8-19(9-13-22)17-32-33-25(34)18-31-28(35)27-26(30)23-6-4-5-7-24(23)39-27/h4-15,17H,2-3,16,18H2,1H3,(H,31,35)(H,33,34). The van der Waals surface area contributed by atoms with Crippen molar-refractivity contribution >= 4 is 57.0 Å². The minimum Gasteiger partial charge on any atom is -0.494 e. The second-order valence-electron chi connectivity index (χ2n) is 8.40. The van der Waals surface area contributed by atoms with Crippen molar-refractivity contribution in [1.29, 1.82) is 0 Å². The first kappa shape index (κ1) is 27.8. The van der Waals surface area contributed by atoms with Crippen LogP contribution in [0.15, 0.2) is 77.9 Å². The minimum absolute atomic E-state index is 0.262. The van der Waals surface area contributed by atoms with Crippen molar-refractivity contribution in [2.75, 3.05) is 13.2 Å². The van der Waals surface area contributed by atoms with Crippen LogP contribution in [0.4, 0.5) is 0 Å². The highest BCUT2D eigenvalue weighted by atomic mass is 35.5. The molecule has 2 amide bonds. The Morgan fingerprint density at radius 3 is 2.41 bits per heavy atom. The highest BCUT2D eigenvalue weighted by molar-refractivity contribution is 7.21. The molecule has 0 aliphatic heterocycles. The van der Waals surface area contributed by atoms with Gasteiger partial charge >= 0.3 is 5.97 Å². The van der Waals surface area contributed by atoms with Crippen LogP contribution in [0, 0.1) is 0 Å². The largest absolute Gasteiger partial charge is 0.494 e. The number of amides is 2. The normalized spacial score (nSPS) is 10.9. The lowest BCUT2D eigenvalue weighted by Gasteiger charge is -2.07. The molecule has 200 valence electrons. The number of unbranched alkanes of at least 4 members (excludes halogenated alkanes) is 1. The van der Waals surface area contributed by atoms with Crippen LogP contribution in [0.3, 0.4) is 0 Å². The van der Waals surface area contributed by atoms with Gasteiger partial charge in [-0.25, -0.2) is 10.2 Å². The molecule has 0 saturated carbocycles. The summed E-state index contributed by atoms with van der Waals surface area (Å²) in [6.07, 6.45) is 3.46. The van der Waals surface area contributed by atoms with Gasteiger partial charge in [-0.1, -0.05) is 43.1 Å². The Morgan fingerprint density at radius 1 is 0.974 bits per heavy atom. The quantitative estimate of drug-likeness (QED) is 0.0784. The van der Waals surface area contributed by atoms with Crippen LogP contribution in [-0.4, -0.2) is 37.1 Å². The number of ether oxygens (including phenoxy) is 2. The number of hydrazone groups is 1. The monoisotopic (exact) mass is 563 g/mol. The predicted molar refractivity (Wildman–Crippen MR) is 153 cm³/mol. The van der Waals surface area contributed by atoms with Gasteiger partial charge in [-0.05, 0) is 66.6 Å². The first-order chi connectivity index (χ1) is 18.9. The molecular weight excluding hydrogens is 538 g/mol. The van der Waals surface area contributed by atoms with Crippen LogP contribution in [-0.2, 0) is 4.79 Å². The molecule has 0 atom stereocenters. The van der Waals surface area contributed by atoms with Crippen molar-refractivity contribution in [3.63, 3.8) is 0 Å². The fraction of sp³-hybridized carbons (Fsp3) is 0.172. The van der Waals surface area contributed by atoms with Gasteiger partial charge < -0.3 is 14.8 Å². The van der Waals surface area contributed by atoms with E-state index in [1.165, 1.54) is 17.6 Å². The Kier molecular flexibility index (Phi) is 9.66. The minimum atomic E-state index is -0.496. The zero-order valence-corrected chi connectivity index (χ0v) is 22.7. The van der Waals surface area contributed by atoms with E-state index in [4.69, 9.17) is 21.1 Å². The molecule has 0 spiro atoms. The molecule has 3 aromatic carbocycles. The lowest BCUT2D eigenvalue weighted by Crippen LogP contribution is -2.34. The second kappa shape index (κ2) is 13.5. The molecule has 0 unspecified atom stereocenters. The number of carbonyl (C=O) groups excluding carboxylic acids is 3. The average molecular weight is 564 g/mol. The number of benzene rings is 3. The zero-order chi connectivity index (χ0) is 27.6. The van der Waals surface area contributed by atoms with E-state index in [1.54, 1.807) is 48.5 Å². The van der Waals surface area contributed by atoms with Crippen LogP contribution < -0.4 is 20.2 Å². The van der Waals surface area contributed by atoms with Crippen LogP contribution >= 0.6 is 22.9 Å². The number of rotatable bonds is 11. The molecule has 4 aromatic rings. The SMILES string of the molecule is CCCCOc1ccc(C(=O)Oc2ccc(C=NNC(=O)CNC(=O)c3sc4ccccc4c3Cl)cc2)cc1. The summed E-state index contributed by atoms with van der Waals surface area (Å²) >= 11 is 7.57. The molecule has 0 saturated heterocycles. The Hall–Kier alpha value is -4.21. The fourth-order valence-electron chi connectivity index (χ4n) is 3.43.